The molecule has 18 heavy (non-hydrogen) atoms. The highest BCUT2D eigenvalue weighted by Gasteiger charge is 2.12. The van der Waals surface area contributed by atoms with Gasteiger partial charge in [0.05, 0.1) is 0 Å². The van der Waals surface area contributed by atoms with Crippen LogP contribution >= 0.6 is 15.9 Å². The number of hydrogen-bond acceptors (Lipinski definition) is 1. The molecule has 2 rings (SSSR count). The summed E-state index contributed by atoms with van der Waals surface area (Å²) in [5, 5.41) is 0. The molecule has 0 spiro atoms. The lowest BCUT2D eigenvalue weighted by molar-refractivity contribution is 0.150. The third-order valence-corrected chi connectivity index (χ3v) is 3.17. The smallest absolute Gasteiger partial charge is 0.265 e. The van der Waals surface area contributed by atoms with Crippen molar-refractivity contribution in [1.82, 2.24) is 0 Å². The van der Waals surface area contributed by atoms with Gasteiger partial charge in [-0.25, -0.2) is 8.78 Å². The lowest BCUT2D eigenvalue weighted by atomic mass is 10.2. The third kappa shape index (κ3) is 3.29. The Morgan fingerprint density at radius 1 is 1.06 bits per heavy atom. The average Bonchev–Trinajstić information content (AvgIpc) is 2.38. The number of ether oxygens (including phenoxy) is 1. The van der Waals surface area contributed by atoms with Crippen molar-refractivity contribution in [2.45, 2.75) is 13.0 Å². The number of halogens is 3. The van der Waals surface area contributed by atoms with Crippen LogP contribution in [0.1, 0.15) is 17.6 Å². The number of benzene rings is 2. The Bertz CT molecular complexity index is 514. The van der Waals surface area contributed by atoms with Gasteiger partial charge in [-0.3, -0.25) is 0 Å². The van der Waals surface area contributed by atoms with Gasteiger partial charge in [-0.1, -0.05) is 46.3 Å². The fraction of sp³-hybridized carbons (Fsp3) is 0.143. The van der Waals surface area contributed by atoms with E-state index in [1.807, 2.05) is 30.3 Å². The molecule has 0 fully saturated rings. The van der Waals surface area contributed by atoms with Crippen molar-refractivity contribution >= 4 is 15.9 Å². The SMILES string of the molecule is FC(F)c1cc(OCc2ccccc2)ccc1Br. The fourth-order valence-corrected chi connectivity index (χ4v) is 1.94. The molecule has 0 aromatic heterocycles. The molecule has 2 aromatic rings. The van der Waals surface area contributed by atoms with Gasteiger partial charge in [-0.15, -0.1) is 0 Å². The van der Waals surface area contributed by atoms with E-state index in [1.54, 1.807) is 12.1 Å². The molecule has 4 heteroatoms. The minimum atomic E-state index is -2.51. The zero-order valence-corrected chi connectivity index (χ0v) is 11.0. The van der Waals surface area contributed by atoms with E-state index < -0.39 is 6.43 Å². The van der Waals surface area contributed by atoms with Crippen LogP contribution in [0.15, 0.2) is 53.0 Å². The van der Waals surface area contributed by atoms with Crippen LogP contribution in [0.5, 0.6) is 5.75 Å². The zero-order valence-electron chi connectivity index (χ0n) is 9.45. The Morgan fingerprint density at radius 2 is 1.78 bits per heavy atom. The van der Waals surface area contributed by atoms with E-state index in [0.717, 1.165) is 5.56 Å². The molecule has 0 atom stereocenters. The highest BCUT2D eigenvalue weighted by atomic mass is 79.9. The van der Waals surface area contributed by atoms with E-state index in [2.05, 4.69) is 15.9 Å². The standard InChI is InChI=1S/C14H11BrF2O/c15-13-7-6-11(8-12(13)14(16)17)18-9-10-4-2-1-3-5-10/h1-8,14H,9H2. The Labute approximate surface area is 113 Å². The summed E-state index contributed by atoms with van der Waals surface area (Å²) >= 11 is 3.09. The summed E-state index contributed by atoms with van der Waals surface area (Å²) in [7, 11) is 0. The Hall–Kier alpha value is -1.42. The van der Waals surface area contributed by atoms with Crippen LogP contribution in [0.25, 0.3) is 0 Å². The highest BCUT2D eigenvalue weighted by Crippen LogP contribution is 2.30. The second kappa shape index (κ2) is 5.96. The molecule has 2 aromatic carbocycles. The monoisotopic (exact) mass is 312 g/mol. The predicted molar refractivity (Wildman–Crippen MR) is 69.9 cm³/mol. The second-order valence-electron chi connectivity index (χ2n) is 3.76. The van der Waals surface area contributed by atoms with Crippen molar-refractivity contribution < 1.29 is 13.5 Å². The third-order valence-electron chi connectivity index (χ3n) is 2.45. The molecule has 0 saturated carbocycles. The van der Waals surface area contributed by atoms with Crippen molar-refractivity contribution in [2.75, 3.05) is 0 Å². The number of alkyl halides is 2. The van der Waals surface area contributed by atoms with Crippen LogP contribution in [0, 0.1) is 0 Å². The Kier molecular flexibility index (Phi) is 4.31. The summed E-state index contributed by atoms with van der Waals surface area (Å²) in [4.78, 5) is 0. The molecule has 0 radical (unpaired) electrons. The highest BCUT2D eigenvalue weighted by molar-refractivity contribution is 9.10. The fourth-order valence-electron chi connectivity index (χ4n) is 1.52. The van der Waals surface area contributed by atoms with Gasteiger partial charge in [0.25, 0.3) is 6.43 Å². The summed E-state index contributed by atoms with van der Waals surface area (Å²) in [6.45, 7) is 0.366. The lowest BCUT2D eigenvalue weighted by Crippen LogP contribution is -1.96. The van der Waals surface area contributed by atoms with Gasteiger partial charge in [-0.05, 0) is 23.8 Å². The first-order valence-corrected chi connectivity index (χ1v) is 6.20. The van der Waals surface area contributed by atoms with E-state index in [4.69, 9.17) is 4.74 Å². The zero-order chi connectivity index (χ0) is 13.0. The van der Waals surface area contributed by atoms with Crippen molar-refractivity contribution in [3.63, 3.8) is 0 Å². The minimum absolute atomic E-state index is 0.0550. The molecule has 0 aliphatic rings. The van der Waals surface area contributed by atoms with E-state index >= 15 is 0 Å². The van der Waals surface area contributed by atoms with Crippen LogP contribution in [-0.2, 0) is 6.61 Å². The maximum Gasteiger partial charge on any atom is 0.265 e. The first-order valence-electron chi connectivity index (χ1n) is 5.41. The van der Waals surface area contributed by atoms with Crippen LogP contribution in [0.4, 0.5) is 8.78 Å². The van der Waals surface area contributed by atoms with Gasteiger partial charge in [0, 0.05) is 10.0 Å². The number of hydrogen-bond donors (Lipinski definition) is 0. The van der Waals surface area contributed by atoms with Crippen molar-refractivity contribution in [2.24, 2.45) is 0 Å². The van der Waals surface area contributed by atoms with Crippen LogP contribution in [0.3, 0.4) is 0 Å². The molecular formula is C14H11BrF2O. The summed E-state index contributed by atoms with van der Waals surface area (Å²) < 4.78 is 31.2. The van der Waals surface area contributed by atoms with Gasteiger partial charge >= 0.3 is 0 Å². The largest absolute Gasteiger partial charge is 0.489 e. The average molecular weight is 313 g/mol. The molecule has 0 bridgehead atoms. The summed E-state index contributed by atoms with van der Waals surface area (Å²) in [5.74, 6) is 0.442. The van der Waals surface area contributed by atoms with E-state index in [0.29, 0.717) is 16.8 Å². The normalized spacial score (nSPS) is 10.7. The Morgan fingerprint density at radius 3 is 2.44 bits per heavy atom. The van der Waals surface area contributed by atoms with Crippen LogP contribution in [0.2, 0.25) is 0 Å². The van der Waals surface area contributed by atoms with Crippen molar-refractivity contribution in [1.29, 1.82) is 0 Å². The summed E-state index contributed by atoms with van der Waals surface area (Å²) in [6.07, 6.45) is -2.51. The van der Waals surface area contributed by atoms with Crippen molar-refractivity contribution in [3.8, 4) is 5.75 Å². The molecule has 1 nitrogen and oxygen atoms in total. The summed E-state index contributed by atoms with van der Waals surface area (Å²) in [6, 6.07) is 14.2. The van der Waals surface area contributed by atoms with Gasteiger partial charge in [0.2, 0.25) is 0 Å². The van der Waals surface area contributed by atoms with Gasteiger partial charge < -0.3 is 4.74 Å². The molecule has 0 heterocycles. The maximum absolute atomic E-state index is 12.7. The second-order valence-corrected chi connectivity index (χ2v) is 4.61. The molecule has 94 valence electrons. The number of rotatable bonds is 4. The lowest BCUT2D eigenvalue weighted by Gasteiger charge is -2.09. The van der Waals surface area contributed by atoms with E-state index in [-0.39, 0.29) is 5.56 Å². The molecule has 0 aliphatic heterocycles. The Balaban J connectivity index is 2.08. The molecule has 0 amide bonds. The van der Waals surface area contributed by atoms with Crippen molar-refractivity contribution in [3.05, 3.63) is 64.1 Å². The van der Waals surface area contributed by atoms with Crippen LogP contribution in [-0.4, -0.2) is 0 Å². The van der Waals surface area contributed by atoms with Gasteiger partial charge in [0.15, 0.2) is 0 Å². The van der Waals surface area contributed by atoms with Gasteiger partial charge in [0.1, 0.15) is 12.4 Å². The van der Waals surface area contributed by atoms with E-state index in [1.165, 1.54) is 6.07 Å². The first kappa shape index (κ1) is 13.0. The predicted octanol–water partition coefficient (Wildman–Crippen LogP) is 4.97. The minimum Gasteiger partial charge on any atom is -0.489 e. The molecule has 0 saturated heterocycles. The van der Waals surface area contributed by atoms with Gasteiger partial charge in [-0.2, -0.15) is 0 Å². The molecule has 0 aliphatic carbocycles. The molecule has 0 N–H and O–H groups in total. The molecular weight excluding hydrogens is 302 g/mol. The van der Waals surface area contributed by atoms with E-state index in [9.17, 15) is 8.78 Å². The quantitative estimate of drug-likeness (QED) is 0.775. The topological polar surface area (TPSA) is 9.23 Å². The molecule has 0 unspecified atom stereocenters. The summed E-state index contributed by atoms with van der Waals surface area (Å²) in [5.41, 5.74) is 0.944. The maximum atomic E-state index is 12.7. The first-order chi connectivity index (χ1) is 8.66. The van der Waals surface area contributed by atoms with Crippen LogP contribution < -0.4 is 4.74 Å².